The molecule has 1 atom stereocenters. The summed E-state index contributed by atoms with van der Waals surface area (Å²) in [5.41, 5.74) is 5.71. The Bertz CT molecular complexity index is 1640. The molecule has 0 aliphatic carbocycles. The first-order valence-corrected chi connectivity index (χ1v) is 13.3. The number of benzene rings is 4. The van der Waals surface area contributed by atoms with E-state index in [0.717, 1.165) is 50.5 Å². The molecule has 6 rings (SSSR count). The Hall–Kier alpha value is -4.42. The number of halogens is 1. The van der Waals surface area contributed by atoms with Crippen LogP contribution in [0, 0.1) is 0 Å². The third kappa shape index (κ3) is 5.03. The lowest BCUT2D eigenvalue weighted by Crippen LogP contribution is -2.21. The molecule has 5 aromatic rings. The topological polar surface area (TPSA) is 59.8 Å². The van der Waals surface area contributed by atoms with E-state index in [1.165, 1.54) is 0 Å². The summed E-state index contributed by atoms with van der Waals surface area (Å²) in [6, 6.07) is 31.9. The minimum absolute atomic E-state index is 0.0915. The van der Waals surface area contributed by atoms with E-state index >= 15 is 0 Å². The van der Waals surface area contributed by atoms with Gasteiger partial charge in [-0.25, -0.2) is 15.0 Å². The number of methoxy groups -OCH3 is 1. The lowest BCUT2D eigenvalue weighted by Gasteiger charge is -2.23. The minimum atomic E-state index is -0.0915. The Balaban J connectivity index is 1.49. The molecule has 1 unspecified atom stereocenters. The summed E-state index contributed by atoms with van der Waals surface area (Å²) in [5.74, 6) is 2.18. The number of anilines is 1. The third-order valence-corrected chi connectivity index (χ3v) is 7.04. The van der Waals surface area contributed by atoms with Gasteiger partial charge in [0.25, 0.3) is 0 Å². The maximum atomic E-state index is 6.38. The Morgan fingerprint density at radius 2 is 1.59 bits per heavy atom. The normalized spacial score (nSPS) is 14.9. The van der Waals surface area contributed by atoms with Crippen molar-refractivity contribution in [1.82, 2.24) is 9.97 Å². The van der Waals surface area contributed by atoms with Gasteiger partial charge in [-0.2, -0.15) is 5.10 Å². The van der Waals surface area contributed by atoms with E-state index in [4.69, 9.17) is 36.1 Å². The van der Waals surface area contributed by atoms with Crippen molar-refractivity contribution in [2.24, 2.45) is 5.10 Å². The second kappa shape index (κ2) is 10.8. The van der Waals surface area contributed by atoms with Gasteiger partial charge >= 0.3 is 0 Å². The van der Waals surface area contributed by atoms with Crippen molar-refractivity contribution in [2.75, 3.05) is 18.7 Å². The summed E-state index contributed by atoms with van der Waals surface area (Å²) < 4.78 is 11.0. The molecule has 0 fully saturated rings. The molecule has 194 valence electrons. The van der Waals surface area contributed by atoms with Gasteiger partial charge in [0.05, 0.1) is 36.7 Å². The van der Waals surface area contributed by atoms with Crippen LogP contribution in [0.25, 0.3) is 22.2 Å². The van der Waals surface area contributed by atoms with Crippen molar-refractivity contribution in [2.45, 2.75) is 19.4 Å². The van der Waals surface area contributed by atoms with Gasteiger partial charge < -0.3 is 9.47 Å². The molecule has 7 heteroatoms. The highest BCUT2D eigenvalue weighted by atomic mass is 35.5. The average Bonchev–Trinajstić information content (AvgIpc) is 3.43. The summed E-state index contributed by atoms with van der Waals surface area (Å²) in [7, 11) is 1.67. The van der Waals surface area contributed by atoms with Crippen LogP contribution in [0.15, 0.2) is 102 Å². The van der Waals surface area contributed by atoms with Crippen LogP contribution >= 0.6 is 11.6 Å². The lowest BCUT2D eigenvalue weighted by molar-refractivity contribution is 0.340. The zero-order chi connectivity index (χ0) is 26.8. The monoisotopic (exact) mass is 534 g/mol. The fourth-order valence-electron chi connectivity index (χ4n) is 4.87. The molecular weight excluding hydrogens is 508 g/mol. The van der Waals surface area contributed by atoms with Crippen molar-refractivity contribution in [3.8, 4) is 22.8 Å². The Kier molecular flexibility index (Phi) is 6.86. The molecule has 0 radical (unpaired) electrons. The Morgan fingerprint density at radius 3 is 2.31 bits per heavy atom. The number of rotatable bonds is 7. The van der Waals surface area contributed by atoms with Gasteiger partial charge in [-0.05, 0) is 72.6 Å². The molecule has 0 saturated heterocycles. The number of nitrogens with zero attached hydrogens (tertiary/aromatic N) is 4. The van der Waals surface area contributed by atoms with E-state index in [9.17, 15) is 0 Å². The molecule has 1 aliphatic heterocycles. The highest BCUT2D eigenvalue weighted by Crippen LogP contribution is 2.38. The van der Waals surface area contributed by atoms with Crippen molar-refractivity contribution in [3.05, 3.63) is 113 Å². The van der Waals surface area contributed by atoms with Crippen LogP contribution < -0.4 is 14.5 Å². The first-order valence-electron chi connectivity index (χ1n) is 12.9. The van der Waals surface area contributed by atoms with Gasteiger partial charge in [0.15, 0.2) is 0 Å². The first kappa shape index (κ1) is 24.9. The molecule has 0 bridgehead atoms. The second-order valence-electron chi connectivity index (χ2n) is 9.24. The zero-order valence-corrected chi connectivity index (χ0v) is 22.5. The van der Waals surface area contributed by atoms with E-state index in [1.807, 2.05) is 96.9 Å². The van der Waals surface area contributed by atoms with E-state index in [1.54, 1.807) is 7.11 Å². The van der Waals surface area contributed by atoms with Crippen molar-refractivity contribution in [3.63, 3.8) is 0 Å². The highest BCUT2D eigenvalue weighted by molar-refractivity contribution is 6.31. The summed E-state index contributed by atoms with van der Waals surface area (Å²) in [6.45, 7) is 2.60. The zero-order valence-electron chi connectivity index (χ0n) is 21.7. The SMILES string of the molecule is CCOc1ccc(C2CC(c3ccc(OC)cc3)=NN2c2nc(-c3ccccc3)c3cc(Cl)ccc3n2)cc1. The molecule has 1 aliphatic rings. The van der Waals surface area contributed by atoms with Crippen LogP contribution in [0.1, 0.15) is 30.5 Å². The van der Waals surface area contributed by atoms with Gasteiger partial charge in [-0.3, -0.25) is 0 Å². The van der Waals surface area contributed by atoms with Crippen LogP contribution in [0.4, 0.5) is 5.95 Å². The van der Waals surface area contributed by atoms with Crippen LogP contribution in [-0.2, 0) is 0 Å². The molecular formula is C32H27ClN4O2. The Labute approximate surface area is 232 Å². The van der Waals surface area contributed by atoms with Gasteiger partial charge in [0, 0.05) is 22.4 Å². The molecule has 6 nitrogen and oxygen atoms in total. The molecule has 0 N–H and O–H groups in total. The maximum absolute atomic E-state index is 6.38. The number of ether oxygens (including phenoxy) is 2. The molecule has 4 aromatic carbocycles. The number of hydrogen-bond acceptors (Lipinski definition) is 6. The van der Waals surface area contributed by atoms with E-state index < -0.39 is 0 Å². The van der Waals surface area contributed by atoms with E-state index in [2.05, 4.69) is 12.1 Å². The highest BCUT2D eigenvalue weighted by Gasteiger charge is 2.32. The summed E-state index contributed by atoms with van der Waals surface area (Å²) in [6.07, 6.45) is 0.697. The minimum Gasteiger partial charge on any atom is -0.497 e. The summed E-state index contributed by atoms with van der Waals surface area (Å²) in [5, 5.41) is 8.57. The van der Waals surface area contributed by atoms with Gasteiger partial charge in [-0.1, -0.05) is 54.1 Å². The molecule has 2 heterocycles. The third-order valence-electron chi connectivity index (χ3n) is 6.81. The summed E-state index contributed by atoms with van der Waals surface area (Å²) >= 11 is 6.38. The number of hydrazone groups is 1. The number of hydrogen-bond donors (Lipinski definition) is 0. The van der Waals surface area contributed by atoms with Gasteiger partial charge in [0.1, 0.15) is 11.5 Å². The van der Waals surface area contributed by atoms with E-state index in [0.29, 0.717) is 24.0 Å². The van der Waals surface area contributed by atoms with Crippen LogP contribution in [-0.4, -0.2) is 29.4 Å². The lowest BCUT2D eigenvalue weighted by atomic mass is 9.98. The van der Waals surface area contributed by atoms with Crippen molar-refractivity contribution >= 4 is 34.2 Å². The van der Waals surface area contributed by atoms with Crippen LogP contribution in [0.5, 0.6) is 11.5 Å². The van der Waals surface area contributed by atoms with Crippen molar-refractivity contribution < 1.29 is 9.47 Å². The predicted octanol–water partition coefficient (Wildman–Crippen LogP) is 7.71. The van der Waals surface area contributed by atoms with E-state index in [-0.39, 0.29) is 6.04 Å². The fourth-order valence-corrected chi connectivity index (χ4v) is 5.04. The number of aromatic nitrogens is 2. The second-order valence-corrected chi connectivity index (χ2v) is 9.68. The molecule has 39 heavy (non-hydrogen) atoms. The molecule has 0 amide bonds. The van der Waals surface area contributed by atoms with Gasteiger partial charge in [0.2, 0.25) is 5.95 Å². The molecule has 0 saturated carbocycles. The average molecular weight is 535 g/mol. The smallest absolute Gasteiger partial charge is 0.247 e. The quantitative estimate of drug-likeness (QED) is 0.214. The number of fused-ring (bicyclic) bond motifs is 1. The van der Waals surface area contributed by atoms with Crippen molar-refractivity contribution in [1.29, 1.82) is 0 Å². The largest absolute Gasteiger partial charge is 0.497 e. The molecule has 1 aromatic heterocycles. The maximum Gasteiger partial charge on any atom is 0.247 e. The standard InChI is InChI=1S/C32H27ClN4O2/c1-3-39-26-16-11-22(12-17-26)30-20-29(21-9-14-25(38-2)15-10-21)36-37(30)32-34-28-18-13-24(33)19-27(28)31(35-32)23-7-5-4-6-8-23/h4-19,30H,3,20H2,1-2H3. The van der Waals surface area contributed by atoms with Crippen LogP contribution in [0.2, 0.25) is 5.02 Å². The van der Waals surface area contributed by atoms with Gasteiger partial charge in [-0.15, -0.1) is 0 Å². The fraction of sp³-hybridized carbons (Fsp3) is 0.156. The van der Waals surface area contributed by atoms with Crippen LogP contribution in [0.3, 0.4) is 0 Å². The predicted molar refractivity (Wildman–Crippen MR) is 157 cm³/mol. The first-order chi connectivity index (χ1) is 19.1. The molecule has 0 spiro atoms. The Morgan fingerprint density at radius 1 is 0.846 bits per heavy atom. The summed E-state index contributed by atoms with van der Waals surface area (Å²) in [4.78, 5) is 10.0.